The molecule has 0 unspecified atom stereocenters. The van der Waals surface area contributed by atoms with Gasteiger partial charge in [-0.25, -0.2) is 4.98 Å². The number of carbonyl (C=O) groups is 1. The zero-order chi connectivity index (χ0) is 13.7. The van der Waals surface area contributed by atoms with Crippen molar-refractivity contribution in [2.24, 2.45) is 5.92 Å². The van der Waals surface area contributed by atoms with Gasteiger partial charge >= 0.3 is 5.97 Å². The molecule has 102 valence electrons. The zero-order valence-electron chi connectivity index (χ0n) is 11.4. The zero-order valence-corrected chi connectivity index (χ0v) is 12.2. The van der Waals surface area contributed by atoms with E-state index in [-0.39, 0.29) is 5.97 Å². The molecule has 0 amide bonds. The van der Waals surface area contributed by atoms with Crippen LogP contribution in [-0.4, -0.2) is 11.0 Å². The van der Waals surface area contributed by atoms with Crippen molar-refractivity contribution in [3.8, 4) is 5.19 Å². The lowest BCUT2D eigenvalue weighted by molar-refractivity contribution is -0.134. The van der Waals surface area contributed by atoms with Crippen LogP contribution in [0.4, 0.5) is 0 Å². The summed E-state index contributed by atoms with van der Waals surface area (Å²) in [4.78, 5) is 16.0. The number of thiazole rings is 1. The van der Waals surface area contributed by atoms with E-state index in [1.54, 1.807) is 0 Å². The molecule has 0 saturated heterocycles. The third-order valence-electron chi connectivity index (χ3n) is 2.89. The number of carbonyl (C=O) groups excluding carboxylic acids is 1. The summed E-state index contributed by atoms with van der Waals surface area (Å²) < 4.78 is 6.32. The number of nitrogens with zero attached hydrogens (tertiary/aromatic N) is 1. The Hall–Kier alpha value is -1.42. The highest BCUT2D eigenvalue weighted by Gasteiger charge is 2.09. The number of benzene rings is 1. The minimum Gasteiger partial charge on any atom is -0.398 e. The number of unbranched alkanes of at least 4 members (excludes halogenated alkanes) is 1. The van der Waals surface area contributed by atoms with Gasteiger partial charge in [0.2, 0.25) is 0 Å². The minimum atomic E-state index is -0.178. The molecule has 0 bridgehead atoms. The summed E-state index contributed by atoms with van der Waals surface area (Å²) in [6, 6.07) is 7.79. The van der Waals surface area contributed by atoms with Crippen molar-refractivity contribution >= 4 is 27.5 Å². The van der Waals surface area contributed by atoms with Gasteiger partial charge in [-0.3, -0.25) is 4.79 Å². The number of fused-ring (bicyclic) bond motifs is 1. The summed E-state index contributed by atoms with van der Waals surface area (Å²) in [5.74, 6) is 0.517. The number of rotatable bonds is 6. The maximum atomic E-state index is 11.7. The molecule has 0 spiro atoms. The summed E-state index contributed by atoms with van der Waals surface area (Å²) in [6.45, 7) is 4.39. The van der Waals surface area contributed by atoms with Crippen LogP contribution in [0, 0.1) is 5.92 Å². The fourth-order valence-electron chi connectivity index (χ4n) is 1.87. The molecule has 0 aliphatic carbocycles. The first-order valence-corrected chi connectivity index (χ1v) is 7.53. The molecule has 0 fully saturated rings. The summed E-state index contributed by atoms with van der Waals surface area (Å²) in [6.07, 6.45) is 3.60. The predicted octanol–water partition coefficient (Wildman–Crippen LogP) is 4.42. The highest BCUT2D eigenvalue weighted by Crippen LogP contribution is 2.27. The molecule has 19 heavy (non-hydrogen) atoms. The maximum absolute atomic E-state index is 11.7. The largest absolute Gasteiger partial charge is 0.398 e. The normalized spacial score (nSPS) is 11.1. The van der Waals surface area contributed by atoms with Crippen molar-refractivity contribution in [3.63, 3.8) is 0 Å². The van der Waals surface area contributed by atoms with Gasteiger partial charge in [0.15, 0.2) is 0 Å². The quantitative estimate of drug-likeness (QED) is 0.579. The second-order valence-electron chi connectivity index (χ2n) is 5.06. The van der Waals surface area contributed by atoms with Crippen molar-refractivity contribution in [2.45, 2.75) is 39.5 Å². The van der Waals surface area contributed by atoms with Gasteiger partial charge in [-0.2, -0.15) is 0 Å². The van der Waals surface area contributed by atoms with Crippen LogP contribution in [0.15, 0.2) is 24.3 Å². The van der Waals surface area contributed by atoms with Gasteiger partial charge < -0.3 is 4.74 Å². The van der Waals surface area contributed by atoms with Crippen LogP contribution in [0.2, 0.25) is 0 Å². The van der Waals surface area contributed by atoms with Gasteiger partial charge in [-0.05, 0) is 24.5 Å². The molecule has 0 atom stereocenters. The van der Waals surface area contributed by atoms with Crippen molar-refractivity contribution in [1.29, 1.82) is 0 Å². The van der Waals surface area contributed by atoms with Crippen LogP contribution in [0.25, 0.3) is 10.2 Å². The Morgan fingerprint density at radius 2 is 2.11 bits per heavy atom. The lowest BCUT2D eigenvalue weighted by atomic mass is 10.1. The summed E-state index contributed by atoms with van der Waals surface area (Å²) >= 11 is 1.42. The number of esters is 1. The Labute approximate surface area is 117 Å². The Balaban J connectivity index is 1.81. The molecule has 2 aromatic rings. The number of hydrogen-bond donors (Lipinski definition) is 0. The predicted molar refractivity (Wildman–Crippen MR) is 78.6 cm³/mol. The van der Waals surface area contributed by atoms with Gasteiger partial charge in [-0.1, -0.05) is 50.2 Å². The van der Waals surface area contributed by atoms with Crippen LogP contribution in [0.1, 0.15) is 39.5 Å². The van der Waals surface area contributed by atoms with E-state index in [9.17, 15) is 4.79 Å². The first kappa shape index (κ1) is 14.0. The van der Waals surface area contributed by atoms with Crippen molar-refractivity contribution in [1.82, 2.24) is 4.98 Å². The molecule has 0 aliphatic rings. The molecular weight excluding hydrogens is 258 g/mol. The molecule has 1 aromatic carbocycles. The van der Waals surface area contributed by atoms with Crippen molar-refractivity contribution in [3.05, 3.63) is 24.3 Å². The van der Waals surface area contributed by atoms with E-state index in [2.05, 4.69) is 18.8 Å². The van der Waals surface area contributed by atoms with E-state index < -0.39 is 0 Å². The summed E-state index contributed by atoms with van der Waals surface area (Å²) in [5.41, 5.74) is 0.884. The third-order valence-corrected chi connectivity index (χ3v) is 3.80. The van der Waals surface area contributed by atoms with E-state index >= 15 is 0 Å². The topological polar surface area (TPSA) is 39.2 Å². The smallest absolute Gasteiger partial charge is 0.313 e. The average Bonchev–Trinajstić information content (AvgIpc) is 2.76. The highest BCUT2D eigenvalue weighted by molar-refractivity contribution is 7.20. The Morgan fingerprint density at radius 3 is 2.84 bits per heavy atom. The van der Waals surface area contributed by atoms with Crippen LogP contribution in [-0.2, 0) is 4.79 Å². The minimum absolute atomic E-state index is 0.178. The van der Waals surface area contributed by atoms with Crippen LogP contribution in [0.3, 0.4) is 0 Å². The second-order valence-corrected chi connectivity index (χ2v) is 6.05. The second kappa shape index (κ2) is 6.66. The monoisotopic (exact) mass is 277 g/mol. The Morgan fingerprint density at radius 1 is 1.32 bits per heavy atom. The standard InChI is InChI=1S/C15H19NO2S/c1-11(2)7-3-6-10-14(17)18-15-16-12-8-4-5-9-13(12)19-15/h4-5,8-9,11H,3,6-7,10H2,1-2H3. The first-order chi connectivity index (χ1) is 9.15. The maximum Gasteiger partial charge on any atom is 0.313 e. The molecule has 1 aromatic heterocycles. The third kappa shape index (κ3) is 4.31. The number of para-hydroxylation sites is 1. The van der Waals surface area contributed by atoms with Crippen LogP contribution < -0.4 is 4.74 Å². The number of hydrogen-bond acceptors (Lipinski definition) is 4. The molecule has 0 radical (unpaired) electrons. The van der Waals surface area contributed by atoms with Gasteiger partial charge in [0, 0.05) is 6.42 Å². The van der Waals surface area contributed by atoms with Gasteiger partial charge in [0.05, 0.1) is 10.2 Å². The first-order valence-electron chi connectivity index (χ1n) is 6.71. The molecule has 0 aliphatic heterocycles. The molecule has 0 saturated carbocycles. The lowest BCUT2D eigenvalue weighted by Gasteiger charge is -2.03. The molecule has 1 heterocycles. The van der Waals surface area contributed by atoms with Crippen molar-refractivity contribution < 1.29 is 9.53 Å². The molecule has 4 heteroatoms. The fraction of sp³-hybridized carbons (Fsp3) is 0.467. The molecular formula is C15H19NO2S. The van der Waals surface area contributed by atoms with Gasteiger partial charge in [0.1, 0.15) is 0 Å². The summed E-state index contributed by atoms with van der Waals surface area (Å²) in [7, 11) is 0. The van der Waals surface area contributed by atoms with Crippen LogP contribution >= 0.6 is 11.3 Å². The Kier molecular flexibility index (Phi) is 4.91. The van der Waals surface area contributed by atoms with Gasteiger partial charge in [0.25, 0.3) is 5.19 Å². The van der Waals surface area contributed by atoms with E-state index in [1.807, 2.05) is 24.3 Å². The number of aromatic nitrogens is 1. The summed E-state index contributed by atoms with van der Waals surface area (Å²) in [5, 5.41) is 0.454. The van der Waals surface area contributed by atoms with E-state index in [0.29, 0.717) is 17.5 Å². The Bertz CT molecular complexity index is 515. The molecule has 3 nitrogen and oxygen atoms in total. The average molecular weight is 277 g/mol. The highest BCUT2D eigenvalue weighted by atomic mass is 32.1. The van der Waals surface area contributed by atoms with Gasteiger partial charge in [-0.15, -0.1) is 0 Å². The van der Waals surface area contributed by atoms with E-state index in [1.165, 1.54) is 11.3 Å². The molecule has 0 N–H and O–H groups in total. The van der Waals surface area contributed by atoms with E-state index in [0.717, 1.165) is 29.5 Å². The lowest BCUT2D eigenvalue weighted by Crippen LogP contribution is -2.07. The number of ether oxygens (including phenoxy) is 1. The SMILES string of the molecule is CC(C)CCCCC(=O)Oc1nc2ccccc2s1. The fourth-order valence-corrected chi connectivity index (χ4v) is 2.70. The van der Waals surface area contributed by atoms with Crippen molar-refractivity contribution in [2.75, 3.05) is 0 Å². The molecule has 2 rings (SSSR count). The van der Waals surface area contributed by atoms with E-state index in [4.69, 9.17) is 4.74 Å². The van der Waals surface area contributed by atoms with Crippen LogP contribution in [0.5, 0.6) is 5.19 Å².